The predicted molar refractivity (Wildman–Crippen MR) is 137 cm³/mol. The molecule has 0 saturated carbocycles. The predicted octanol–water partition coefficient (Wildman–Crippen LogP) is 6.19. The largest absolute Gasteiger partial charge is 0.495 e. The fraction of sp³-hybridized carbons (Fsp3) is 0.0800. The summed E-state index contributed by atoms with van der Waals surface area (Å²) in [6.45, 7) is 3.38. The van der Waals surface area contributed by atoms with Crippen molar-refractivity contribution in [1.82, 2.24) is 4.98 Å². The van der Waals surface area contributed by atoms with Gasteiger partial charge in [-0.15, -0.1) is 0 Å². The van der Waals surface area contributed by atoms with Gasteiger partial charge in [-0.05, 0) is 30.3 Å². The van der Waals surface area contributed by atoms with Crippen molar-refractivity contribution < 1.29 is 23.1 Å². The van der Waals surface area contributed by atoms with Crippen LogP contribution < -0.4 is 25.7 Å². The smallest absolute Gasteiger partial charge is 0.344 e. The van der Waals surface area contributed by atoms with E-state index in [0.717, 1.165) is 12.1 Å². The Hall–Kier alpha value is -4.08. The standard InChI is InChI=1S/C25H18Cl2FN3O5/c1-4-21(32)31-16-8-13(28)5-6-15(16)30-20-10-17-12(11-29-20)7-14(25(33)36-17)22-23(26)18(34-2)9-19(35-3)24(22)27/h4-11H,1H2,2-3H3,(H,29,30)(H,31,32). The first-order valence-corrected chi connectivity index (χ1v) is 11.1. The minimum absolute atomic E-state index is 0.0881. The van der Waals surface area contributed by atoms with E-state index in [9.17, 15) is 14.0 Å². The van der Waals surface area contributed by atoms with Gasteiger partial charge in [0.25, 0.3) is 0 Å². The van der Waals surface area contributed by atoms with Gasteiger partial charge < -0.3 is 24.5 Å². The molecule has 0 spiro atoms. The molecule has 0 aliphatic rings. The van der Waals surface area contributed by atoms with Crippen molar-refractivity contribution in [3.63, 3.8) is 0 Å². The minimum atomic E-state index is -0.709. The number of ether oxygens (including phenoxy) is 2. The Kier molecular flexibility index (Phi) is 7.14. The molecule has 4 aromatic rings. The minimum Gasteiger partial charge on any atom is -0.495 e. The Bertz CT molecular complexity index is 1540. The van der Waals surface area contributed by atoms with Crippen LogP contribution in [-0.4, -0.2) is 25.1 Å². The van der Waals surface area contributed by atoms with E-state index in [1.54, 1.807) is 0 Å². The van der Waals surface area contributed by atoms with Crippen LogP contribution in [0.25, 0.3) is 22.1 Å². The maximum atomic E-state index is 13.7. The van der Waals surface area contributed by atoms with Crippen LogP contribution in [0.4, 0.5) is 21.6 Å². The summed E-state index contributed by atoms with van der Waals surface area (Å²) in [6, 6.07) is 8.33. The van der Waals surface area contributed by atoms with Crippen LogP contribution in [0.15, 0.2) is 64.5 Å². The zero-order valence-corrected chi connectivity index (χ0v) is 20.5. The first-order chi connectivity index (χ1) is 17.2. The van der Waals surface area contributed by atoms with Crippen molar-refractivity contribution in [3.8, 4) is 22.6 Å². The number of hydrogen-bond acceptors (Lipinski definition) is 7. The highest BCUT2D eigenvalue weighted by Crippen LogP contribution is 2.45. The van der Waals surface area contributed by atoms with Gasteiger partial charge in [0, 0.05) is 29.3 Å². The van der Waals surface area contributed by atoms with Crippen molar-refractivity contribution in [2.75, 3.05) is 24.9 Å². The van der Waals surface area contributed by atoms with E-state index in [0.29, 0.717) is 11.1 Å². The van der Waals surface area contributed by atoms with Crippen LogP contribution in [0.2, 0.25) is 10.0 Å². The maximum Gasteiger partial charge on any atom is 0.344 e. The van der Waals surface area contributed by atoms with Crippen molar-refractivity contribution >= 4 is 57.3 Å². The summed E-state index contributed by atoms with van der Waals surface area (Å²) in [4.78, 5) is 29.0. The van der Waals surface area contributed by atoms with E-state index in [-0.39, 0.29) is 49.8 Å². The molecule has 2 heterocycles. The highest BCUT2D eigenvalue weighted by molar-refractivity contribution is 6.41. The molecular weight excluding hydrogens is 512 g/mol. The number of halogens is 3. The highest BCUT2D eigenvalue weighted by Gasteiger charge is 2.22. The number of benzene rings is 2. The van der Waals surface area contributed by atoms with Gasteiger partial charge in [-0.2, -0.15) is 0 Å². The lowest BCUT2D eigenvalue weighted by molar-refractivity contribution is -0.111. The zero-order valence-electron chi connectivity index (χ0n) is 18.9. The van der Waals surface area contributed by atoms with Gasteiger partial charge >= 0.3 is 5.63 Å². The third-order valence-corrected chi connectivity index (χ3v) is 5.90. The molecule has 0 fully saturated rings. The van der Waals surface area contributed by atoms with E-state index >= 15 is 0 Å². The molecule has 0 aliphatic carbocycles. The summed E-state index contributed by atoms with van der Waals surface area (Å²) < 4.78 is 29.8. The van der Waals surface area contributed by atoms with Gasteiger partial charge in [0.2, 0.25) is 5.91 Å². The number of carbonyl (C=O) groups is 1. The van der Waals surface area contributed by atoms with E-state index in [4.69, 9.17) is 37.1 Å². The van der Waals surface area contributed by atoms with Gasteiger partial charge in [0.1, 0.15) is 28.7 Å². The van der Waals surface area contributed by atoms with Gasteiger partial charge in [-0.25, -0.2) is 14.2 Å². The van der Waals surface area contributed by atoms with Crippen molar-refractivity contribution in [2.45, 2.75) is 0 Å². The zero-order chi connectivity index (χ0) is 26.0. The molecule has 11 heteroatoms. The number of nitrogens with zero attached hydrogens (tertiary/aromatic N) is 1. The Balaban J connectivity index is 1.77. The van der Waals surface area contributed by atoms with Crippen LogP contribution in [0.3, 0.4) is 0 Å². The van der Waals surface area contributed by atoms with Crippen molar-refractivity contribution in [2.24, 2.45) is 0 Å². The molecular formula is C25H18Cl2FN3O5. The molecule has 0 radical (unpaired) electrons. The molecule has 0 bridgehead atoms. The van der Waals surface area contributed by atoms with Crippen molar-refractivity contribution in [1.29, 1.82) is 0 Å². The second-order valence-electron chi connectivity index (χ2n) is 7.35. The molecule has 36 heavy (non-hydrogen) atoms. The van der Waals surface area contributed by atoms with Crippen LogP contribution in [-0.2, 0) is 4.79 Å². The van der Waals surface area contributed by atoms with E-state index in [2.05, 4.69) is 22.2 Å². The average Bonchev–Trinajstić information content (AvgIpc) is 2.86. The number of carbonyl (C=O) groups excluding carboxylic acids is 1. The van der Waals surface area contributed by atoms with Crippen LogP contribution in [0, 0.1) is 5.82 Å². The third-order valence-electron chi connectivity index (χ3n) is 5.15. The number of nitrogens with one attached hydrogen (secondary N) is 2. The molecule has 2 aromatic heterocycles. The monoisotopic (exact) mass is 529 g/mol. The second kappa shape index (κ2) is 10.3. The van der Waals surface area contributed by atoms with Crippen LogP contribution >= 0.6 is 23.2 Å². The number of methoxy groups -OCH3 is 2. The molecule has 8 nitrogen and oxygen atoms in total. The Morgan fingerprint density at radius 3 is 2.42 bits per heavy atom. The summed E-state index contributed by atoms with van der Waals surface area (Å²) in [6.07, 6.45) is 2.53. The van der Waals surface area contributed by atoms with Gasteiger partial charge in [0.05, 0.1) is 41.2 Å². The number of pyridine rings is 1. The topological polar surface area (TPSA) is 103 Å². The normalized spacial score (nSPS) is 10.7. The number of amides is 1. The fourth-order valence-electron chi connectivity index (χ4n) is 3.43. The summed E-state index contributed by atoms with van der Waals surface area (Å²) in [5, 5.41) is 6.20. The lowest BCUT2D eigenvalue weighted by Crippen LogP contribution is -2.10. The number of aromatic nitrogens is 1. The Labute approximate surface area is 214 Å². The van der Waals surface area contributed by atoms with Gasteiger partial charge in [-0.3, -0.25) is 4.79 Å². The maximum absolute atomic E-state index is 13.7. The third kappa shape index (κ3) is 4.84. The van der Waals surface area contributed by atoms with Gasteiger partial charge in [-0.1, -0.05) is 29.8 Å². The molecule has 0 unspecified atom stereocenters. The summed E-state index contributed by atoms with van der Waals surface area (Å²) in [5.74, 6) is -0.248. The van der Waals surface area contributed by atoms with E-state index < -0.39 is 17.3 Å². The quantitative estimate of drug-likeness (QED) is 0.275. The number of fused-ring (bicyclic) bond motifs is 1. The molecule has 1 amide bonds. The average molecular weight is 530 g/mol. The summed E-state index contributed by atoms with van der Waals surface area (Å²) in [5.41, 5.74) is 0.322. The second-order valence-corrected chi connectivity index (χ2v) is 8.10. The molecule has 0 saturated heterocycles. The van der Waals surface area contributed by atoms with E-state index in [1.807, 2.05) is 0 Å². The molecule has 0 aliphatic heterocycles. The van der Waals surface area contributed by atoms with Crippen molar-refractivity contribution in [3.05, 3.63) is 81.5 Å². The van der Waals surface area contributed by atoms with Gasteiger partial charge in [0.15, 0.2) is 0 Å². The fourth-order valence-corrected chi connectivity index (χ4v) is 4.13. The summed E-state index contributed by atoms with van der Waals surface area (Å²) >= 11 is 12.9. The molecule has 184 valence electrons. The number of anilines is 3. The molecule has 4 rings (SSSR count). The first kappa shape index (κ1) is 25.0. The molecule has 2 aromatic carbocycles. The van der Waals surface area contributed by atoms with E-state index in [1.165, 1.54) is 50.7 Å². The van der Waals surface area contributed by atoms with Crippen LogP contribution in [0.1, 0.15) is 0 Å². The Morgan fingerprint density at radius 1 is 1.08 bits per heavy atom. The Morgan fingerprint density at radius 2 is 1.78 bits per heavy atom. The number of hydrogen-bond donors (Lipinski definition) is 2. The summed E-state index contributed by atoms with van der Waals surface area (Å²) in [7, 11) is 2.85. The lowest BCUT2D eigenvalue weighted by atomic mass is 10.1. The highest BCUT2D eigenvalue weighted by atomic mass is 35.5. The molecule has 2 N–H and O–H groups in total. The SMILES string of the molecule is C=CC(=O)Nc1cc(F)ccc1Nc1cc2oc(=O)c(-c3c(Cl)c(OC)cc(OC)c3Cl)cc2cn1. The van der Waals surface area contributed by atoms with Crippen LogP contribution in [0.5, 0.6) is 11.5 Å². The number of rotatable bonds is 7. The molecule has 0 atom stereocenters. The first-order valence-electron chi connectivity index (χ1n) is 10.3. The lowest BCUT2D eigenvalue weighted by Gasteiger charge is -2.14.